The summed E-state index contributed by atoms with van der Waals surface area (Å²) in [5.74, 6) is -1.50. The molecule has 0 bridgehead atoms. The Hall–Kier alpha value is -3.65. The number of carboxylic acids is 1. The minimum Gasteiger partial charge on any atom is -0.480 e. The van der Waals surface area contributed by atoms with Gasteiger partial charge in [0.2, 0.25) is 10.0 Å². The first kappa shape index (κ1) is 23.5. The second-order valence-electron chi connectivity index (χ2n) is 8.74. The van der Waals surface area contributed by atoms with Crippen LogP contribution >= 0.6 is 0 Å². The molecular formula is C26H26N2O5S. The summed E-state index contributed by atoms with van der Waals surface area (Å²) in [6, 6.07) is 20.6. The second kappa shape index (κ2) is 8.95. The quantitative estimate of drug-likeness (QED) is 0.539. The van der Waals surface area contributed by atoms with E-state index in [4.69, 9.17) is 0 Å². The van der Waals surface area contributed by atoms with Crippen molar-refractivity contribution in [2.24, 2.45) is 5.92 Å². The van der Waals surface area contributed by atoms with Crippen molar-refractivity contribution >= 4 is 33.3 Å². The average molecular weight is 479 g/mol. The van der Waals surface area contributed by atoms with E-state index in [0.29, 0.717) is 16.9 Å². The number of benzene rings is 3. The first-order valence-corrected chi connectivity index (χ1v) is 12.7. The molecule has 0 fully saturated rings. The lowest BCUT2D eigenvalue weighted by atomic mass is 10.0. The van der Waals surface area contributed by atoms with Crippen LogP contribution in [0.3, 0.4) is 0 Å². The molecule has 1 aliphatic rings. The van der Waals surface area contributed by atoms with Crippen molar-refractivity contribution in [2.75, 3.05) is 10.6 Å². The number of para-hydroxylation sites is 1. The number of rotatable bonds is 7. The fourth-order valence-corrected chi connectivity index (χ4v) is 5.42. The maximum Gasteiger partial charge on any atom is 0.326 e. The largest absolute Gasteiger partial charge is 0.480 e. The molecule has 0 saturated heterocycles. The molecule has 7 nitrogen and oxygen atoms in total. The number of amides is 1. The van der Waals surface area contributed by atoms with E-state index in [1.54, 1.807) is 56.3 Å². The number of hydrogen-bond donors (Lipinski definition) is 1. The molecule has 0 aromatic heterocycles. The van der Waals surface area contributed by atoms with Crippen molar-refractivity contribution in [2.45, 2.75) is 26.4 Å². The Morgan fingerprint density at radius 1 is 0.941 bits per heavy atom. The van der Waals surface area contributed by atoms with Crippen LogP contribution in [0.25, 0.3) is 11.1 Å². The molecular weight excluding hydrogens is 452 g/mol. The molecule has 0 saturated carbocycles. The Morgan fingerprint density at radius 3 is 2.09 bits per heavy atom. The van der Waals surface area contributed by atoms with Crippen molar-refractivity contribution in [1.29, 1.82) is 0 Å². The molecule has 4 rings (SSSR count). The SMILES string of the molecule is CC(C)C(C(=O)O)N1Cc2cc(-c3ccc(N(c4ccccc4)S(C)(=O)=O)cc3)ccc2C1=O. The standard InChI is InChI=1S/C26H26N2O5S/c1-17(2)24(26(30)31)27-16-20-15-19(11-14-23(20)25(27)29)18-9-12-22(13-10-18)28(34(3,32)33)21-7-5-4-6-8-21/h4-15,17,24H,16H2,1-3H3,(H,30,31). The zero-order valence-corrected chi connectivity index (χ0v) is 20.0. The first-order chi connectivity index (χ1) is 16.1. The van der Waals surface area contributed by atoms with Gasteiger partial charge in [-0.25, -0.2) is 17.5 Å². The van der Waals surface area contributed by atoms with E-state index in [9.17, 15) is 23.1 Å². The fourth-order valence-electron chi connectivity index (χ4n) is 4.41. The van der Waals surface area contributed by atoms with Gasteiger partial charge in [0.05, 0.1) is 17.6 Å². The van der Waals surface area contributed by atoms with E-state index >= 15 is 0 Å². The van der Waals surface area contributed by atoms with Crippen molar-refractivity contribution in [3.63, 3.8) is 0 Å². The number of hydrogen-bond acceptors (Lipinski definition) is 4. The molecule has 0 radical (unpaired) electrons. The maximum absolute atomic E-state index is 12.8. The number of sulfonamides is 1. The van der Waals surface area contributed by atoms with Gasteiger partial charge >= 0.3 is 5.97 Å². The third-order valence-corrected chi connectivity index (χ3v) is 7.00. The minimum atomic E-state index is -3.55. The van der Waals surface area contributed by atoms with E-state index in [0.717, 1.165) is 16.7 Å². The molecule has 3 aromatic rings. The third-order valence-electron chi connectivity index (χ3n) is 5.91. The Morgan fingerprint density at radius 2 is 1.53 bits per heavy atom. The van der Waals surface area contributed by atoms with Gasteiger partial charge in [-0.15, -0.1) is 0 Å². The maximum atomic E-state index is 12.8. The van der Waals surface area contributed by atoms with E-state index in [1.165, 1.54) is 15.5 Å². The lowest BCUT2D eigenvalue weighted by Gasteiger charge is -2.27. The van der Waals surface area contributed by atoms with Crippen LogP contribution in [0.2, 0.25) is 0 Å². The van der Waals surface area contributed by atoms with Crippen LogP contribution in [-0.4, -0.2) is 42.6 Å². The molecule has 1 atom stereocenters. The summed E-state index contributed by atoms with van der Waals surface area (Å²) in [5, 5.41) is 9.60. The van der Waals surface area contributed by atoms with Crippen LogP contribution in [0, 0.1) is 5.92 Å². The number of fused-ring (bicyclic) bond motifs is 1. The lowest BCUT2D eigenvalue weighted by molar-refractivity contribution is -0.144. The van der Waals surface area contributed by atoms with E-state index < -0.39 is 22.0 Å². The predicted molar refractivity (Wildman–Crippen MR) is 131 cm³/mol. The summed E-state index contributed by atoms with van der Waals surface area (Å²) in [6.07, 6.45) is 1.17. The van der Waals surface area contributed by atoms with Crippen LogP contribution in [0.1, 0.15) is 29.8 Å². The Bertz CT molecular complexity index is 1340. The normalized spacial score (nSPS) is 14.2. The summed E-state index contributed by atoms with van der Waals surface area (Å²) >= 11 is 0. The van der Waals surface area contributed by atoms with Gasteiger partial charge < -0.3 is 10.0 Å². The highest BCUT2D eigenvalue weighted by Crippen LogP contribution is 2.33. The van der Waals surface area contributed by atoms with Crippen molar-refractivity contribution in [3.05, 3.63) is 83.9 Å². The molecule has 1 amide bonds. The lowest BCUT2D eigenvalue weighted by Crippen LogP contribution is -2.44. The Labute approximate surface area is 199 Å². The van der Waals surface area contributed by atoms with E-state index in [-0.39, 0.29) is 18.4 Å². The highest BCUT2D eigenvalue weighted by Gasteiger charge is 2.38. The van der Waals surface area contributed by atoms with Crippen molar-refractivity contribution in [3.8, 4) is 11.1 Å². The average Bonchev–Trinajstić information content (AvgIpc) is 3.09. The molecule has 8 heteroatoms. The van der Waals surface area contributed by atoms with Crippen molar-refractivity contribution < 1.29 is 23.1 Å². The van der Waals surface area contributed by atoms with E-state index in [2.05, 4.69) is 0 Å². The number of carbonyl (C=O) groups excluding carboxylic acids is 1. The van der Waals surface area contributed by atoms with Gasteiger partial charge in [0.25, 0.3) is 5.91 Å². The molecule has 0 spiro atoms. The molecule has 1 aliphatic heterocycles. The highest BCUT2D eigenvalue weighted by molar-refractivity contribution is 7.92. The third kappa shape index (κ3) is 4.41. The summed E-state index contributed by atoms with van der Waals surface area (Å²) in [6.45, 7) is 3.82. The molecule has 1 unspecified atom stereocenters. The van der Waals surface area contributed by atoms with Crippen molar-refractivity contribution in [1.82, 2.24) is 4.90 Å². The Balaban J connectivity index is 1.64. The predicted octanol–water partition coefficient (Wildman–Crippen LogP) is 4.52. The number of nitrogens with zero attached hydrogens (tertiary/aromatic N) is 2. The van der Waals surface area contributed by atoms with E-state index in [1.807, 2.05) is 30.3 Å². The number of carbonyl (C=O) groups is 2. The zero-order valence-electron chi connectivity index (χ0n) is 19.2. The number of carboxylic acid groups (broad SMARTS) is 1. The van der Waals surface area contributed by atoms with Gasteiger partial charge in [-0.3, -0.25) is 4.79 Å². The molecule has 1 N–H and O–H groups in total. The fraction of sp³-hybridized carbons (Fsp3) is 0.231. The zero-order chi connectivity index (χ0) is 24.6. The topological polar surface area (TPSA) is 95.0 Å². The first-order valence-electron chi connectivity index (χ1n) is 10.9. The molecule has 34 heavy (non-hydrogen) atoms. The van der Waals surface area contributed by atoms with Gasteiger partial charge in [-0.2, -0.15) is 0 Å². The minimum absolute atomic E-state index is 0.217. The molecule has 0 aliphatic carbocycles. The summed E-state index contributed by atoms with van der Waals surface area (Å²) in [7, 11) is -3.55. The summed E-state index contributed by atoms with van der Waals surface area (Å²) in [4.78, 5) is 26.0. The van der Waals surface area contributed by atoms with Crippen LogP contribution in [0.15, 0.2) is 72.8 Å². The van der Waals surface area contributed by atoms with Gasteiger partial charge in [0.1, 0.15) is 6.04 Å². The molecule has 1 heterocycles. The smallest absolute Gasteiger partial charge is 0.326 e. The van der Waals surface area contributed by atoms with Gasteiger partial charge in [-0.1, -0.05) is 50.2 Å². The number of aliphatic carboxylic acids is 1. The monoisotopic (exact) mass is 478 g/mol. The van der Waals surface area contributed by atoms with Crippen LogP contribution in [0.5, 0.6) is 0 Å². The van der Waals surface area contributed by atoms with Gasteiger partial charge in [0, 0.05) is 12.1 Å². The summed E-state index contributed by atoms with van der Waals surface area (Å²) < 4.78 is 26.2. The summed E-state index contributed by atoms with van der Waals surface area (Å²) in [5.41, 5.74) is 4.08. The van der Waals surface area contributed by atoms with Crippen LogP contribution < -0.4 is 4.31 Å². The highest BCUT2D eigenvalue weighted by atomic mass is 32.2. The number of anilines is 2. The molecule has 3 aromatic carbocycles. The Kier molecular flexibility index (Phi) is 6.18. The van der Waals surface area contributed by atoms with Crippen LogP contribution in [-0.2, 0) is 21.4 Å². The van der Waals surface area contributed by atoms with Crippen LogP contribution in [0.4, 0.5) is 11.4 Å². The second-order valence-corrected chi connectivity index (χ2v) is 10.6. The molecule has 176 valence electrons. The van der Waals surface area contributed by atoms with Gasteiger partial charge in [0.15, 0.2) is 0 Å². The van der Waals surface area contributed by atoms with Gasteiger partial charge in [-0.05, 0) is 59.0 Å².